The topological polar surface area (TPSA) is 13.0 Å². The summed E-state index contributed by atoms with van der Waals surface area (Å²) in [6, 6.07) is 93.7. The van der Waals surface area contributed by atoms with Crippen LogP contribution < -0.4 is 19.6 Å². The van der Waals surface area contributed by atoms with Gasteiger partial charge in [0.25, 0.3) is 0 Å². The van der Waals surface area contributed by atoms with Crippen LogP contribution in [0.3, 0.4) is 0 Å². The molecule has 76 heavy (non-hydrogen) atoms. The summed E-state index contributed by atoms with van der Waals surface area (Å²) < 4.78 is 0. The molecule has 368 valence electrons. The predicted octanol–water partition coefficient (Wildman–Crippen LogP) is 20.9. The highest BCUT2D eigenvalue weighted by molar-refractivity contribution is 6.09. The lowest BCUT2D eigenvalue weighted by Gasteiger charge is -2.31. The van der Waals surface area contributed by atoms with Gasteiger partial charge < -0.3 is 19.6 Å². The smallest absolute Gasteiger partial charge is 0.0540 e. The summed E-state index contributed by atoms with van der Waals surface area (Å²) in [6.07, 6.45) is 0. The van der Waals surface area contributed by atoms with E-state index in [1.54, 1.807) is 0 Å². The molecule has 0 bridgehead atoms. The van der Waals surface area contributed by atoms with Crippen LogP contribution in [0.15, 0.2) is 255 Å². The molecule has 0 aliphatic carbocycles. The zero-order valence-electron chi connectivity index (χ0n) is 44.0. The minimum absolute atomic E-state index is 1.09. The van der Waals surface area contributed by atoms with Crippen LogP contribution in [-0.2, 0) is 0 Å². The third kappa shape index (κ3) is 9.20. The van der Waals surface area contributed by atoms with Crippen LogP contribution in [0.1, 0.15) is 33.4 Å². The van der Waals surface area contributed by atoms with Gasteiger partial charge in [0, 0.05) is 67.0 Å². The fraction of sp³-hybridized carbons (Fsp3) is 0.0833. The molecule has 0 aromatic heterocycles. The second-order valence-corrected chi connectivity index (χ2v) is 20.4. The number of aryl methyl sites for hydroxylation is 6. The van der Waals surface area contributed by atoms with E-state index in [1.165, 1.54) is 44.2 Å². The summed E-state index contributed by atoms with van der Waals surface area (Å²) in [5.41, 5.74) is 20.6. The Hall–Kier alpha value is -9.38. The molecule has 0 fully saturated rings. The Kier molecular flexibility index (Phi) is 12.6. The van der Waals surface area contributed by atoms with E-state index in [0.717, 1.165) is 89.8 Å². The molecule has 0 N–H and O–H groups in total. The van der Waals surface area contributed by atoms with Crippen molar-refractivity contribution >= 4 is 101 Å². The van der Waals surface area contributed by atoms with Crippen molar-refractivity contribution in [2.75, 3.05) is 19.6 Å². The van der Waals surface area contributed by atoms with Crippen LogP contribution in [0.5, 0.6) is 0 Å². The fourth-order valence-corrected chi connectivity index (χ4v) is 11.1. The highest BCUT2D eigenvalue weighted by atomic mass is 15.2. The van der Waals surface area contributed by atoms with E-state index in [1.807, 2.05) is 0 Å². The molecule has 0 heterocycles. The number of benzene rings is 12. The van der Waals surface area contributed by atoms with Crippen molar-refractivity contribution in [3.8, 4) is 0 Å². The molecule has 12 aromatic rings. The molecule has 0 aliphatic heterocycles. The second kappa shape index (κ2) is 20.1. The van der Waals surface area contributed by atoms with Gasteiger partial charge in [0.15, 0.2) is 0 Å². The highest BCUT2D eigenvalue weighted by Gasteiger charge is 2.23. The molecule has 0 unspecified atom stereocenters. The van der Waals surface area contributed by atoms with Crippen molar-refractivity contribution in [3.63, 3.8) is 0 Å². The Balaban J connectivity index is 0.991. The average Bonchev–Trinajstić information content (AvgIpc) is 3.46. The lowest BCUT2D eigenvalue weighted by molar-refractivity contribution is 1.26. The Labute approximate surface area is 447 Å². The van der Waals surface area contributed by atoms with E-state index in [0.29, 0.717) is 0 Å². The van der Waals surface area contributed by atoms with E-state index in [-0.39, 0.29) is 0 Å². The zero-order valence-corrected chi connectivity index (χ0v) is 44.0. The van der Waals surface area contributed by atoms with Crippen LogP contribution in [0.4, 0.5) is 68.2 Å². The first-order valence-electron chi connectivity index (χ1n) is 26.3. The minimum atomic E-state index is 1.09. The average molecular weight is 981 g/mol. The lowest BCUT2D eigenvalue weighted by Crippen LogP contribution is -2.13. The van der Waals surface area contributed by atoms with Crippen LogP contribution in [0, 0.1) is 41.5 Å². The molecule has 4 heteroatoms. The van der Waals surface area contributed by atoms with Crippen LogP contribution in [0.25, 0.3) is 32.3 Å². The van der Waals surface area contributed by atoms with Gasteiger partial charge in [-0.3, -0.25) is 0 Å². The second-order valence-electron chi connectivity index (χ2n) is 20.4. The molecule has 0 spiro atoms. The number of hydrogen-bond donors (Lipinski definition) is 0. The summed E-state index contributed by atoms with van der Waals surface area (Å²) in [4.78, 5) is 9.67. The fourth-order valence-electron chi connectivity index (χ4n) is 11.1. The van der Waals surface area contributed by atoms with E-state index >= 15 is 0 Å². The first-order chi connectivity index (χ1) is 37.1. The molecular formula is C72H60N4. The largest absolute Gasteiger partial charge is 0.310 e. The van der Waals surface area contributed by atoms with Crippen LogP contribution >= 0.6 is 0 Å². The van der Waals surface area contributed by atoms with E-state index in [4.69, 9.17) is 0 Å². The van der Waals surface area contributed by atoms with Crippen LogP contribution in [-0.4, -0.2) is 0 Å². The third-order valence-corrected chi connectivity index (χ3v) is 14.6. The SMILES string of the molecule is Cc1cccc(N(c2cccc(C)c2)c2cccc3c(N(c4cccc(C)c4)c4ccc5cc(N(c6cccc(C)c6)c6cccc7c(N(c8cccc(C)c8)c8cccc(C)c8)cccc67)ccc5c4)cccc23)c1. The van der Waals surface area contributed by atoms with E-state index in [2.05, 4.69) is 316 Å². The molecule has 0 amide bonds. The monoisotopic (exact) mass is 980 g/mol. The lowest BCUT2D eigenvalue weighted by atomic mass is 10.0. The molecule has 0 saturated heterocycles. The number of rotatable bonds is 12. The van der Waals surface area contributed by atoms with E-state index < -0.39 is 0 Å². The Bertz CT molecular complexity index is 3780. The molecule has 0 radical (unpaired) electrons. The highest BCUT2D eigenvalue weighted by Crippen LogP contribution is 2.48. The first-order valence-corrected chi connectivity index (χ1v) is 26.3. The first kappa shape index (κ1) is 47.6. The summed E-state index contributed by atoms with van der Waals surface area (Å²) in [7, 11) is 0. The number of anilines is 12. The predicted molar refractivity (Wildman–Crippen MR) is 326 cm³/mol. The van der Waals surface area contributed by atoms with Gasteiger partial charge >= 0.3 is 0 Å². The van der Waals surface area contributed by atoms with Crippen molar-refractivity contribution in [1.82, 2.24) is 0 Å². The number of nitrogens with zero attached hydrogens (tertiary/aromatic N) is 4. The summed E-state index contributed by atoms with van der Waals surface area (Å²) in [5.74, 6) is 0. The maximum absolute atomic E-state index is 2.43. The molecule has 0 saturated carbocycles. The Morgan fingerprint density at radius 1 is 0.184 bits per heavy atom. The maximum atomic E-state index is 2.43. The Morgan fingerprint density at radius 2 is 0.382 bits per heavy atom. The van der Waals surface area contributed by atoms with Crippen molar-refractivity contribution in [2.24, 2.45) is 0 Å². The van der Waals surface area contributed by atoms with Gasteiger partial charge in [-0.05, 0) is 207 Å². The molecule has 0 atom stereocenters. The van der Waals surface area contributed by atoms with Gasteiger partial charge in [0.05, 0.1) is 22.7 Å². The van der Waals surface area contributed by atoms with Gasteiger partial charge in [0.1, 0.15) is 0 Å². The van der Waals surface area contributed by atoms with Gasteiger partial charge in [-0.1, -0.05) is 133 Å². The molecule has 4 nitrogen and oxygen atoms in total. The standard InChI is InChI=1S/C72H60N4/c1-49-17-7-23-57(41-49)73(58-24-8-18-50(2)42-58)69-33-13-31-67-65(69)29-15-35-71(67)75(61-27-11-21-53(5)45-61)63-39-37-56-48-64(40-38-55(56)47-63)76(62-28-12-22-54(6)46-62)72-36-16-30-66-68(72)32-14-34-70(66)74(59-25-9-19-51(3)43-59)60-26-10-20-52(4)44-60/h7-48H,1-6H3. The molecule has 12 rings (SSSR count). The molecule has 12 aromatic carbocycles. The van der Waals surface area contributed by atoms with Crippen molar-refractivity contribution < 1.29 is 0 Å². The van der Waals surface area contributed by atoms with Crippen LogP contribution in [0.2, 0.25) is 0 Å². The maximum Gasteiger partial charge on any atom is 0.0540 e. The minimum Gasteiger partial charge on any atom is -0.310 e. The zero-order chi connectivity index (χ0) is 51.9. The number of hydrogen-bond acceptors (Lipinski definition) is 4. The summed E-state index contributed by atoms with van der Waals surface area (Å²) >= 11 is 0. The summed E-state index contributed by atoms with van der Waals surface area (Å²) in [6.45, 7) is 13.0. The summed E-state index contributed by atoms with van der Waals surface area (Å²) in [5, 5.41) is 6.97. The normalized spacial score (nSPS) is 11.3. The third-order valence-electron chi connectivity index (χ3n) is 14.6. The van der Waals surface area contributed by atoms with Gasteiger partial charge in [-0.25, -0.2) is 0 Å². The molecule has 0 aliphatic rings. The molecular weight excluding hydrogens is 921 g/mol. The van der Waals surface area contributed by atoms with Gasteiger partial charge in [-0.2, -0.15) is 0 Å². The Morgan fingerprint density at radius 3 is 0.592 bits per heavy atom. The van der Waals surface area contributed by atoms with Crippen molar-refractivity contribution in [3.05, 3.63) is 288 Å². The van der Waals surface area contributed by atoms with Gasteiger partial charge in [-0.15, -0.1) is 0 Å². The van der Waals surface area contributed by atoms with Crippen molar-refractivity contribution in [1.29, 1.82) is 0 Å². The van der Waals surface area contributed by atoms with Crippen molar-refractivity contribution in [2.45, 2.75) is 41.5 Å². The quantitative estimate of drug-likeness (QED) is 0.121. The van der Waals surface area contributed by atoms with E-state index in [9.17, 15) is 0 Å². The number of fused-ring (bicyclic) bond motifs is 3. The van der Waals surface area contributed by atoms with Gasteiger partial charge in [0.2, 0.25) is 0 Å².